The molecule has 5 rings (SSSR count). The molecule has 2 aliphatic carbocycles. The monoisotopic (exact) mass is 458 g/mol. The van der Waals surface area contributed by atoms with Crippen LogP contribution in [0.1, 0.15) is 67.3 Å². The van der Waals surface area contributed by atoms with E-state index in [1.165, 1.54) is 25.7 Å². The highest BCUT2D eigenvalue weighted by Gasteiger charge is 2.42. The molecule has 3 aromatic rings. The number of rotatable bonds is 7. The molecule has 2 fully saturated rings. The van der Waals surface area contributed by atoms with Gasteiger partial charge in [-0.1, -0.05) is 36.2 Å². The zero-order valence-electron chi connectivity index (χ0n) is 20.3. The van der Waals surface area contributed by atoms with E-state index in [1.54, 1.807) is 0 Å². The van der Waals surface area contributed by atoms with Crippen molar-refractivity contribution in [3.63, 3.8) is 0 Å². The normalized spacial score (nSPS) is 23.1. The summed E-state index contributed by atoms with van der Waals surface area (Å²) in [7, 11) is 0. The Balaban J connectivity index is 1.32. The molecule has 1 aromatic heterocycles. The van der Waals surface area contributed by atoms with Crippen molar-refractivity contribution in [3.8, 4) is 0 Å². The van der Waals surface area contributed by atoms with Crippen molar-refractivity contribution in [1.29, 1.82) is 0 Å². The number of fused-ring (bicyclic) bond motifs is 3. The van der Waals surface area contributed by atoms with E-state index in [2.05, 4.69) is 17.6 Å². The molecule has 34 heavy (non-hydrogen) atoms. The van der Waals surface area contributed by atoms with Gasteiger partial charge in [-0.05, 0) is 82.1 Å². The van der Waals surface area contributed by atoms with Gasteiger partial charge in [-0.2, -0.15) is 0 Å². The molecule has 0 aliphatic heterocycles. The van der Waals surface area contributed by atoms with Crippen molar-refractivity contribution in [1.82, 2.24) is 20.2 Å². The van der Waals surface area contributed by atoms with Gasteiger partial charge in [0.25, 0.3) is 5.91 Å². The zero-order valence-corrected chi connectivity index (χ0v) is 20.3. The molecule has 2 N–H and O–H groups in total. The maximum atomic E-state index is 13.1. The van der Waals surface area contributed by atoms with E-state index in [4.69, 9.17) is 4.98 Å². The molecule has 2 bridgehead atoms. The number of carbonyl (C=O) groups excluding carboxylic acids is 2. The Hall–Kier alpha value is -3.15. The SMILES string of the molecule is Cc1ccc(C(=O)NC(C)c2nc3ccccc3n2CC(=O)NC(C)C2CC3CCC2C3)cc1. The van der Waals surface area contributed by atoms with Crippen LogP contribution in [0.25, 0.3) is 11.0 Å². The Kier molecular flexibility index (Phi) is 6.15. The highest BCUT2D eigenvalue weighted by Crippen LogP contribution is 2.49. The van der Waals surface area contributed by atoms with Gasteiger partial charge in [-0.15, -0.1) is 0 Å². The van der Waals surface area contributed by atoms with Crippen molar-refractivity contribution in [2.24, 2.45) is 17.8 Å². The maximum Gasteiger partial charge on any atom is 0.251 e. The summed E-state index contributed by atoms with van der Waals surface area (Å²) in [6.07, 6.45) is 5.25. The summed E-state index contributed by atoms with van der Waals surface area (Å²) in [4.78, 5) is 30.7. The minimum absolute atomic E-state index is 0.00302. The van der Waals surface area contributed by atoms with E-state index < -0.39 is 0 Å². The van der Waals surface area contributed by atoms with Gasteiger partial charge in [-0.25, -0.2) is 4.98 Å². The van der Waals surface area contributed by atoms with Crippen LogP contribution in [0.2, 0.25) is 0 Å². The third kappa shape index (κ3) is 4.46. The predicted octanol–water partition coefficient (Wildman–Crippen LogP) is 4.78. The van der Waals surface area contributed by atoms with Crippen LogP contribution in [0.15, 0.2) is 48.5 Å². The number of carbonyl (C=O) groups is 2. The summed E-state index contributed by atoms with van der Waals surface area (Å²) in [5, 5.41) is 6.33. The minimum Gasteiger partial charge on any atom is -0.352 e. The molecule has 178 valence electrons. The molecule has 2 aliphatic rings. The number of benzene rings is 2. The first-order chi connectivity index (χ1) is 16.4. The van der Waals surface area contributed by atoms with Gasteiger partial charge >= 0.3 is 0 Å². The van der Waals surface area contributed by atoms with Crippen LogP contribution in [0.4, 0.5) is 0 Å². The Labute approximate surface area is 201 Å². The number of hydrogen-bond acceptors (Lipinski definition) is 3. The first-order valence-electron chi connectivity index (χ1n) is 12.5. The maximum absolute atomic E-state index is 13.1. The van der Waals surface area contributed by atoms with Crippen LogP contribution in [0.3, 0.4) is 0 Å². The molecule has 0 spiro atoms. The highest BCUT2D eigenvalue weighted by molar-refractivity contribution is 5.94. The van der Waals surface area contributed by atoms with Gasteiger partial charge in [0.2, 0.25) is 5.91 Å². The second kappa shape index (κ2) is 9.24. The summed E-state index contributed by atoms with van der Waals surface area (Å²) in [5.41, 5.74) is 3.44. The summed E-state index contributed by atoms with van der Waals surface area (Å²) < 4.78 is 1.94. The van der Waals surface area contributed by atoms with Crippen LogP contribution < -0.4 is 10.6 Å². The average molecular weight is 459 g/mol. The smallest absolute Gasteiger partial charge is 0.251 e. The van der Waals surface area contributed by atoms with E-state index >= 15 is 0 Å². The number of amides is 2. The highest BCUT2D eigenvalue weighted by atomic mass is 16.2. The second-order valence-corrected chi connectivity index (χ2v) is 10.3. The zero-order chi connectivity index (χ0) is 23.8. The van der Waals surface area contributed by atoms with Crippen LogP contribution in [0.5, 0.6) is 0 Å². The number of hydrogen-bond donors (Lipinski definition) is 2. The Morgan fingerprint density at radius 1 is 1.03 bits per heavy atom. The van der Waals surface area contributed by atoms with Crippen molar-refractivity contribution < 1.29 is 9.59 Å². The lowest BCUT2D eigenvalue weighted by atomic mass is 9.84. The Bertz CT molecular complexity index is 1200. The Morgan fingerprint density at radius 3 is 2.50 bits per heavy atom. The molecule has 5 unspecified atom stereocenters. The van der Waals surface area contributed by atoms with Gasteiger partial charge in [0.05, 0.1) is 17.1 Å². The topological polar surface area (TPSA) is 76.0 Å². The van der Waals surface area contributed by atoms with Gasteiger partial charge < -0.3 is 15.2 Å². The van der Waals surface area contributed by atoms with Crippen LogP contribution in [0, 0.1) is 24.7 Å². The van der Waals surface area contributed by atoms with Crippen molar-refractivity contribution >= 4 is 22.8 Å². The summed E-state index contributed by atoms with van der Waals surface area (Å²) in [6, 6.07) is 15.2. The van der Waals surface area contributed by atoms with Gasteiger partial charge in [-0.3, -0.25) is 9.59 Å². The third-order valence-corrected chi connectivity index (χ3v) is 7.86. The molecule has 5 atom stereocenters. The van der Waals surface area contributed by atoms with Gasteiger partial charge in [0.15, 0.2) is 0 Å². The third-order valence-electron chi connectivity index (χ3n) is 7.86. The average Bonchev–Trinajstić information content (AvgIpc) is 3.54. The van der Waals surface area contributed by atoms with Crippen molar-refractivity contribution in [2.45, 2.75) is 65.1 Å². The van der Waals surface area contributed by atoms with Crippen molar-refractivity contribution in [2.75, 3.05) is 0 Å². The number of para-hydroxylation sites is 2. The van der Waals surface area contributed by atoms with Crippen LogP contribution in [-0.2, 0) is 11.3 Å². The standard InChI is InChI=1S/C28H34N4O2/c1-17-8-11-21(12-9-17)28(34)30-19(3)27-31-24-6-4-5-7-25(24)32(27)16-26(33)29-18(2)23-15-20-10-13-22(23)14-20/h4-9,11-12,18-20,22-23H,10,13-16H2,1-3H3,(H,29,33)(H,30,34). The fourth-order valence-corrected chi connectivity index (χ4v) is 6.10. The number of aryl methyl sites for hydroxylation is 1. The molecular formula is C28H34N4O2. The van der Waals surface area contributed by atoms with E-state index in [9.17, 15) is 9.59 Å². The molecule has 6 heteroatoms. The van der Waals surface area contributed by atoms with Gasteiger partial charge in [0.1, 0.15) is 12.4 Å². The van der Waals surface area contributed by atoms with Crippen molar-refractivity contribution in [3.05, 3.63) is 65.5 Å². The first-order valence-corrected chi connectivity index (χ1v) is 12.5. The number of nitrogens with one attached hydrogen (secondary N) is 2. The quantitative estimate of drug-likeness (QED) is 0.535. The molecule has 0 saturated heterocycles. The minimum atomic E-state index is -0.350. The fraction of sp³-hybridized carbons (Fsp3) is 0.464. The molecule has 0 radical (unpaired) electrons. The van der Waals surface area contributed by atoms with Crippen LogP contribution in [-0.4, -0.2) is 27.4 Å². The molecule has 1 heterocycles. The summed E-state index contributed by atoms with van der Waals surface area (Å²) in [6.45, 7) is 6.25. The Morgan fingerprint density at radius 2 is 1.79 bits per heavy atom. The lowest BCUT2D eigenvalue weighted by Gasteiger charge is -2.28. The second-order valence-electron chi connectivity index (χ2n) is 10.3. The van der Waals surface area contributed by atoms with Gasteiger partial charge in [0, 0.05) is 11.6 Å². The number of imidazole rings is 1. The fourth-order valence-electron chi connectivity index (χ4n) is 6.10. The van der Waals surface area contributed by atoms with E-state index in [1.807, 2.05) is 66.9 Å². The van der Waals surface area contributed by atoms with Crippen LogP contribution >= 0.6 is 0 Å². The molecule has 2 amide bonds. The van der Waals surface area contributed by atoms with E-state index in [0.717, 1.165) is 28.4 Å². The number of aromatic nitrogens is 2. The molecular weight excluding hydrogens is 424 g/mol. The van der Waals surface area contributed by atoms with E-state index in [0.29, 0.717) is 17.3 Å². The lowest BCUT2D eigenvalue weighted by molar-refractivity contribution is -0.122. The molecule has 2 saturated carbocycles. The number of nitrogens with zero attached hydrogens (tertiary/aromatic N) is 2. The largest absolute Gasteiger partial charge is 0.352 e. The molecule has 2 aromatic carbocycles. The summed E-state index contributed by atoms with van der Waals surface area (Å²) in [5.74, 6) is 2.74. The molecule has 6 nitrogen and oxygen atoms in total. The summed E-state index contributed by atoms with van der Waals surface area (Å²) >= 11 is 0. The first kappa shape index (κ1) is 22.6. The predicted molar refractivity (Wildman–Crippen MR) is 133 cm³/mol. The van der Waals surface area contributed by atoms with E-state index in [-0.39, 0.29) is 30.4 Å². The lowest BCUT2D eigenvalue weighted by Crippen LogP contribution is -2.42.